The maximum Gasteiger partial charge on any atom is 0.216 e. The van der Waals surface area contributed by atoms with E-state index < -0.39 is 0 Å². The second-order valence-electron chi connectivity index (χ2n) is 4.85. The van der Waals surface area contributed by atoms with Crippen molar-refractivity contribution in [2.75, 3.05) is 20.3 Å². The lowest BCUT2D eigenvalue weighted by Gasteiger charge is -2.22. The number of ether oxygens (including phenoxy) is 1. The van der Waals surface area contributed by atoms with Crippen LogP contribution in [0.2, 0.25) is 0 Å². The van der Waals surface area contributed by atoms with Gasteiger partial charge in [-0.1, -0.05) is 0 Å². The molecule has 1 heterocycles. The van der Waals surface area contributed by atoms with Crippen LogP contribution in [0, 0.1) is 6.92 Å². The predicted octanol–water partition coefficient (Wildman–Crippen LogP) is 0.488. The number of rotatable bonds is 8. The molecule has 4 N–H and O–H groups in total. The summed E-state index contributed by atoms with van der Waals surface area (Å²) in [6.07, 6.45) is 1.70. The van der Waals surface area contributed by atoms with Crippen molar-refractivity contribution in [1.82, 2.24) is 15.1 Å². The van der Waals surface area contributed by atoms with Crippen LogP contribution in [0.1, 0.15) is 37.1 Å². The SMILES string of the molecule is COc1c(C(CN)NC(C)CCCO)c(C)nn1C. The number of aliphatic hydroxyl groups is 1. The lowest BCUT2D eigenvalue weighted by molar-refractivity contribution is 0.273. The number of methoxy groups -OCH3 is 1. The van der Waals surface area contributed by atoms with Gasteiger partial charge >= 0.3 is 0 Å². The first kappa shape index (κ1) is 15.9. The Morgan fingerprint density at radius 2 is 2.21 bits per heavy atom. The molecule has 0 aliphatic rings. The monoisotopic (exact) mass is 270 g/mol. The molecule has 0 spiro atoms. The zero-order valence-corrected chi connectivity index (χ0v) is 12.3. The van der Waals surface area contributed by atoms with Crippen molar-refractivity contribution < 1.29 is 9.84 Å². The summed E-state index contributed by atoms with van der Waals surface area (Å²) in [5.74, 6) is 0.745. The van der Waals surface area contributed by atoms with Gasteiger partial charge in [0.1, 0.15) is 0 Å². The van der Waals surface area contributed by atoms with Crippen LogP contribution in [0.4, 0.5) is 0 Å². The molecule has 0 aliphatic heterocycles. The van der Waals surface area contributed by atoms with Gasteiger partial charge in [-0.25, -0.2) is 4.68 Å². The molecule has 0 radical (unpaired) electrons. The Morgan fingerprint density at radius 3 is 2.74 bits per heavy atom. The maximum atomic E-state index is 8.87. The van der Waals surface area contributed by atoms with Crippen molar-refractivity contribution >= 4 is 0 Å². The minimum absolute atomic E-state index is 0.0114. The standard InChI is InChI=1S/C13H26N4O2/c1-9(6-5-7-18)15-11(8-14)12-10(2)16-17(3)13(12)19-4/h9,11,15,18H,5-8,14H2,1-4H3. The summed E-state index contributed by atoms with van der Waals surface area (Å²) in [5, 5.41) is 16.7. The summed E-state index contributed by atoms with van der Waals surface area (Å²) in [5.41, 5.74) is 7.82. The van der Waals surface area contributed by atoms with Crippen molar-refractivity contribution in [1.29, 1.82) is 0 Å². The Labute approximate surface area is 114 Å². The van der Waals surface area contributed by atoms with Crippen LogP contribution in [-0.4, -0.2) is 41.2 Å². The second-order valence-corrected chi connectivity index (χ2v) is 4.85. The first-order valence-electron chi connectivity index (χ1n) is 6.69. The van der Waals surface area contributed by atoms with Crippen LogP contribution in [0.25, 0.3) is 0 Å². The molecule has 6 heteroatoms. The fraction of sp³-hybridized carbons (Fsp3) is 0.769. The van der Waals surface area contributed by atoms with Crippen molar-refractivity contribution in [3.8, 4) is 5.88 Å². The number of nitrogens with two attached hydrogens (primary N) is 1. The Kier molecular flexibility index (Phi) is 6.27. The van der Waals surface area contributed by atoms with Crippen LogP contribution < -0.4 is 15.8 Å². The molecule has 2 unspecified atom stereocenters. The first-order chi connectivity index (χ1) is 9.04. The van der Waals surface area contributed by atoms with Gasteiger partial charge in [0.15, 0.2) is 0 Å². The Hall–Kier alpha value is -1.11. The second kappa shape index (κ2) is 7.47. The molecule has 6 nitrogen and oxygen atoms in total. The molecule has 0 saturated heterocycles. The normalized spacial score (nSPS) is 14.4. The molecule has 1 rings (SSSR count). The van der Waals surface area contributed by atoms with Crippen molar-refractivity contribution in [3.05, 3.63) is 11.3 Å². The molecule has 0 aromatic carbocycles. The van der Waals surface area contributed by atoms with Crippen molar-refractivity contribution in [2.24, 2.45) is 12.8 Å². The highest BCUT2D eigenvalue weighted by Gasteiger charge is 2.23. The molecule has 0 amide bonds. The summed E-state index contributed by atoms with van der Waals surface area (Å²) in [7, 11) is 3.50. The van der Waals surface area contributed by atoms with Crippen LogP contribution in [-0.2, 0) is 7.05 Å². The lowest BCUT2D eigenvalue weighted by atomic mass is 10.1. The average molecular weight is 270 g/mol. The summed E-state index contributed by atoms with van der Waals surface area (Å²) < 4.78 is 7.14. The van der Waals surface area contributed by atoms with Crippen molar-refractivity contribution in [2.45, 2.75) is 38.8 Å². The van der Waals surface area contributed by atoms with E-state index in [4.69, 9.17) is 15.6 Å². The average Bonchev–Trinajstić information content (AvgIpc) is 2.67. The summed E-state index contributed by atoms with van der Waals surface area (Å²) in [4.78, 5) is 0. The minimum Gasteiger partial charge on any atom is -0.481 e. The number of aliphatic hydroxyl groups excluding tert-OH is 1. The van der Waals surface area contributed by atoms with Gasteiger partial charge in [0.05, 0.1) is 24.4 Å². The highest BCUT2D eigenvalue weighted by Crippen LogP contribution is 2.27. The van der Waals surface area contributed by atoms with Gasteiger partial charge in [-0.15, -0.1) is 0 Å². The number of aromatic nitrogens is 2. The Morgan fingerprint density at radius 1 is 1.53 bits per heavy atom. The fourth-order valence-corrected chi connectivity index (χ4v) is 2.39. The minimum atomic E-state index is 0.0114. The van der Waals surface area contributed by atoms with Crippen LogP contribution >= 0.6 is 0 Å². The van der Waals surface area contributed by atoms with E-state index >= 15 is 0 Å². The van der Waals surface area contributed by atoms with Gasteiger partial charge < -0.3 is 20.9 Å². The number of hydrogen-bond acceptors (Lipinski definition) is 5. The van der Waals surface area contributed by atoms with E-state index in [0.717, 1.165) is 30.0 Å². The van der Waals surface area contributed by atoms with Crippen LogP contribution in [0.15, 0.2) is 0 Å². The van der Waals surface area contributed by atoms with E-state index in [9.17, 15) is 0 Å². The third-order valence-electron chi connectivity index (χ3n) is 3.27. The first-order valence-corrected chi connectivity index (χ1v) is 6.69. The molecule has 0 fully saturated rings. The van der Waals surface area contributed by atoms with Crippen molar-refractivity contribution in [3.63, 3.8) is 0 Å². The zero-order valence-electron chi connectivity index (χ0n) is 12.3. The number of nitrogens with one attached hydrogen (secondary N) is 1. The van der Waals surface area contributed by atoms with E-state index in [0.29, 0.717) is 6.54 Å². The molecule has 1 aromatic rings. The van der Waals surface area contributed by atoms with E-state index in [2.05, 4.69) is 17.3 Å². The van der Waals surface area contributed by atoms with Gasteiger partial charge in [0, 0.05) is 26.2 Å². The van der Waals surface area contributed by atoms with Crippen LogP contribution in [0.5, 0.6) is 5.88 Å². The lowest BCUT2D eigenvalue weighted by Crippen LogP contribution is -2.35. The van der Waals surface area contributed by atoms with E-state index in [1.165, 1.54) is 0 Å². The molecule has 0 saturated carbocycles. The van der Waals surface area contributed by atoms with Gasteiger partial charge in [0.2, 0.25) is 5.88 Å². The topological polar surface area (TPSA) is 85.3 Å². The van der Waals surface area contributed by atoms with E-state index in [1.807, 2.05) is 14.0 Å². The number of nitrogens with zero attached hydrogens (tertiary/aromatic N) is 2. The molecular weight excluding hydrogens is 244 g/mol. The predicted molar refractivity (Wildman–Crippen MR) is 75.2 cm³/mol. The fourth-order valence-electron chi connectivity index (χ4n) is 2.39. The van der Waals surface area contributed by atoms with Gasteiger partial charge in [-0.2, -0.15) is 5.10 Å². The molecule has 0 bridgehead atoms. The van der Waals surface area contributed by atoms with Gasteiger partial charge in [-0.3, -0.25) is 0 Å². The molecule has 0 aliphatic carbocycles. The maximum absolute atomic E-state index is 8.87. The highest BCUT2D eigenvalue weighted by molar-refractivity contribution is 5.34. The number of aryl methyl sites for hydroxylation is 2. The van der Waals surface area contributed by atoms with Gasteiger partial charge in [-0.05, 0) is 26.7 Å². The molecule has 1 aromatic heterocycles. The zero-order chi connectivity index (χ0) is 14.4. The van der Waals surface area contributed by atoms with E-state index in [-0.39, 0.29) is 18.7 Å². The van der Waals surface area contributed by atoms with Gasteiger partial charge in [0.25, 0.3) is 0 Å². The van der Waals surface area contributed by atoms with Crippen LogP contribution in [0.3, 0.4) is 0 Å². The Bertz CT molecular complexity index is 392. The third-order valence-corrected chi connectivity index (χ3v) is 3.27. The summed E-state index contributed by atoms with van der Waals surface area (Å²) in [6.45, 7) is 4.75. The molecule has 2 atom stereocenters. The molecule has 110 valence electrons. The number of hydrogen-bond donors (Lipinski definition) is 3. The van der Waals surface area contributed by atoms with E-state index in [1.54, 1.807) is 11.8 Å². The summed E-state index contributed by atoms with van der Waals surface area (Å²) >= 11 is 0. The summed E-state index contributed by atoms with van der Waals surface area (Å²) in [6, 6.07) is 0.294. The third kappa shape index (κ3) is 3.92. The highest BCUT2D eigenvalue weighted by atomic mass is 16.5. The largest absolute Gasteiger partial charge is 0.481 e. The Balaban J connectivity index is 2.85. The molecular formula is C13H26N4O2. The smallest absolute Gasteiger partial charge is 0.216 e. The molecule has 19 heavy (non-hydrogen) atoms. The quantitative estimate of drug-likeness (QED) is 0.640.